The SMILES string of the molecule is CC(=O)C1CCCN1C(=O)C(C)C1=CC=CCC1. The molecule has 0 radical (unpaired) electrons. The molecule has 1 amide bonds. The molecule has 2 atom stereocenters. The van der Waals surface area contributed by atoms with E-state index >= 15 is 0 Å². The van der Waals surface area contributed by atoms with E-state index < -0.39 is 0 Å². The van der Waals surface area contributed by atoms with Crippen molar-refractivity contribution in [2.75, 3.05) is 6.54 Å². The van der Waals surface area contributed by atoms with Crippen molar-refractivity contribution in [3.05, 3.63) is 23.8 Å². The Kier molecular flexibility index (Phi) is 4.00. The summed E-state index contributed by atoms with van der Waals surface area (Å²) in [5.41, 5.74) is 1.19. The van der Waals surface area contributed by atoms with Crippen LogP contribution in [0.1, 0.15) is 39.5 Å². The summed E-state index contributed by atoms with van der Waals surface area (Å²) in [6, 6.07) is -0.181. The molecule has 1 heterocycles. The van der Waals surface area contributed by atoms with Crippen LogP contribution in [0.15, 0.2) is 23.8 Å². The standard InChI is InChI=1S/C15H21NO2/c1-11(13-7-4-3-5-8-13)15(18)16-10-6-9-14(16)12(2)17/h3-4,7,11,14H,5-6,8-10H2,1-2H3. The molecule has 0 spiro atoms. The number of hydrogen-bond acceptors (Lipinski definition) is 2. The quantitative estimate of drug-likeness (QED) is 0.768. The van der Waals surface area contributed by atoms with Crippen molar-refractivity contribution >= 4 is 11.7 Å². The largest absolute Gasteiger partial charge is 0.332 e. The molecule has 0 aromatic heterocycles. The zero-order valence-corrected chi connectivity index (χ0v) is 11.2. The van der Waals surface area contributed by atoms with Crippen LogP contribution in [0.25, 0.3) is 0 Å². The molecule has 1 aliphatic heterocycles. The maximum Gasteiger partial charge on any atom is 0.230 e. The summed E-state index contributed by atoms with van der Waals surface area (Å²) in [6.45, 7) is 4.28. The minimum atomic E-state index is -0.181. The molecule has 18 heavy (non-hydrogen) atoms. The van der Waals surface area contributed by atoms with E-state index in [4.69, 9.17) is 0 Å². The van der Waals surface area contributed by atoms with Gasteiger partial charge in [-0.15, -0.1) is 0 Å². The molecular weight excluding hydrogens is 226 g/mol. The Hall–Kier alpha value is -1.38. The highest BCUT2D eigenvalue weighted by Crippen LogP contribution is 2.26. The van der Waals surface area contributed by atoms with Crippen LogP contribution < -0.4 is 0 Å². The number of carbonyl (C=O) groups excluding carboxylic acids is 2. The maximum absolute atomic E-state index is 12.5. The maximum atomic E-state index is 12.5. The number of ketones is 1. The van der Waals surface area contributed by atoms with E-state index in [0.717, 1.165) is 32.2 Å². The predicted octanol–water partition coefficient (Wildman–Crippen LogP) is 2.48. The van der Waals surface area contributed by atoms with Crippen molar-refractivity contribution in [3.63, 3.8) is 0 Å². The van der Waals surface area contributed by atoms with Crippen LogP contribution in [0, 0.1) is 5.92 Å². The van der Waals surface area contributed by atoms with Gasteiger partial charge < -0.3 is 4.90 Å². The van der Waals surface area contributed by atoms with Gasteiger partial charge in [-0.1, -0.05) is 23.8 Å². The molecule has 0 aromatic carbocycles. The Morgan fingerprint density at radius 3 is 2.83 bits per heavy atom. The van der Waals surface area contributed by atoms with Crippen LogP contribution in [0.4, 0.5) is 0 Å². The number of carbonyl (C=O) groups is 2. The van der Waals surface area contributed by atoms with Crippen molar-refractivity contribution in [1.82, 2.24) is 4.90 Å². The van der Waals surface area contributed by atoms with Gasteiger partial charge in [0.25, 0.3) is 0 Å². The first-order valence-corrected chi connectivity index (χ1v) is 6.78. The lowest BCUT2D eigenvalue weighted by Crippen LogP contribution is -2.42. The molecular formula is C15H21NO2. The van der Waals surface area contributed by atoms with Gasteiger partial charge >= 0.3 is 0 Å². The summed E-state index contributed by atoms with van der Waals surface area (Å²) in [5.74, 6) is 0.148. The number of nitrogens with zero attached hydrogens (tertiary/aromatic N) is 1. The zero-order chi connectivity index (χ0) is 13.1. The van der Waals surface area contributed by atoms with Gasteiger partial charge in [-0.25, -0.2) is 0 Å². The second-order valence-electron chi connectivity index (χ2n) is 5.23. The summed E-state index contributed by atoms with van der Waals surface area (Å²) in [5, 5.41) is 0. The van der Waals surface area contributed by atoms with Crippen LogP contribution >= 0.6 is 0 Å². The average molecular weight is 247 g/mol. The highest BCUT2D eigenvalue weighted by atomic mass is 16.2. The molecule has 3 heteroatoms. The Bertz CT molecular complexity index is 409. The van der Waals surface area contributed by atoms with Gasteiger partial charge in [0.2, 0.25) is 5.91 Å². The number of allylic oxidation sites excluding steroid dienone is 3. The van der Waals surface area contributed by atoms with Crippen molar-refractivity contribution in [3.8, 4) is 0 Å². The minimum absolute atomic E-state index is 0.0881. The van der Waals surface area contributed by atoms with E-state index in [9.17, 15) is 9.59 Å². The van der Waals surface area contributed by atoms with Crippen LogP contribution in [0.5, 0.6) is 0 Å². The number of rotatable bonds is 3. The summed E-state index contributed by atoms with van der Waals surface area (Å²) in [7, 11) is 0. The fourth-order valence-corrected chi connectivity index (χ4v) is 2.84. The average Bonchev–Trinajstić information content (AvgIpc) is 2.87. The number of hydrogen-bond donors (Lipinski definition) is 0. The van der Waals surface area contributed by atoms with Crippen LogP contribution in [0.2, 0.25) is 0 Å². The predicted molar refractivity (Wildman–Crippen MR) is 71.0 cm³/mol. The van der Waals surface area contributed by atoms with Gasteiger partial charge in [0, 0.05) is 6.54 Å². The molecule has 0 aromatic rings. The molecule has 3 nitrogen and oxygen atoms in total. The second kappa shape index (κ2) is 5.51. The lowest BCUT2D eigenvalue weighted by atomic mass is 9.92. The molecule has 0 bridgehead atoms. The van der Waals surface area contributed by atoms with Gasteiger partial charge in [0.15, 0.2) is 5.78 Å². The Balaban J connectivity index is 2.08. The third-order valence-corrected chi connectivity index (χ3v) is 3.98. The van der Waals surface area contributed by atoms with Crippen LogP contribution in [-0.4, -0.2) is 29.2 Å². The van der Waals surface area contributed by atoms with E-state index in [1.807, 2.05) is 19.1 Å². The Labute approximate surface area is 109 Å². The van der Waals surface area contributed by atoms with Gasteiger partial charge in [-0.2, -0.15) is 0 Å². The summed E-state index contributed by atoms with van der Waals surface area (Å²) in [4.78, 5) is 25.8. The van der Waals surface area contributed by atoms with Gasteiger partial charge in [0.05, 0.1) is 12.0 Å². The zero-order valence-electron chi connectivity index (χ0n) is 11.2. The fourth-order valence-electron chi connectivity index (χ4n) is 2.84. The molecule has 98 valence electrons. The summed E-state index contributed by atoms with van der Waals surface area (Å²) in [6.07, 6.45) is 9.94. The Morgan fingerprint density at radius 1 is 1.44 bits per heavy atom. The molecule has 1 saturated heterocycles. The second-order valence-corrected chi connectivity index (χ2v) is 5.23. The smallest absolute Gasteiger partial charge is 0.230 e. The first-order chi connectivity index (χ1) is 8.61. The molecule has 2 unspecified atom stereocenters. The fraction of sp³-hybridized carbons (Fsp3) is 0.600. The third-order valence-electron chi connectivity index (χ3n) is 3.98. The Morgan fingerprint density at radius 2 is 2.22 bits per heavy atom. The van der Waals surface area contributed by atoms with E-state index in [1.54, 1.807) is 11.8 Å². The van der Waals surface area contributed by atoms with Gasteiger partial charge in [-0.05, 0) is 39.5 Å². The van der Waals surface area contributed by atoms with E-state index in [2.05, 4.69) is 6.08 Å². The monoisotopic (exact) mass is 247 g/mol. The van der Waals surface area contributed by atoms with Crippen molar-refractivity contribution in [2.45, 2.75) is 45.6 Å². The molecule has 0 N–H and O–H groups in total. The topological polar surface area (TPSA) is 37.4 Å². The summed E-state index contributed by atoms with van der Waals surface area (Å²) < 4.78 is 0. The molecule has 1 fully saturated rings. The molecule has 2 rings (SSSR count). The summed E-state index contributed by atoms with van der Waals surface area (Å²) >= 11 is 0. The van der Waals surface area contributed by atoms with Crippen molar-refractivity contribution < 1.29 is 9.59 Å². The molecule has 2 aliphatic rings. The first-order valence-electron chi connectivity index (χ1n) is 6.78. The number of Topliss-reactive ketones (excluding diaryl/α,β-unsaturated/α-hetero) is 1. The van der Waals surface area contributed by atoms with Gasteiger partial charge in [0.1, 0.15) is 0 Å². The van der Waals surface area contributed by atoms with Crippen molar-refractivity contribution in [2.24, 2.45) is 5.92 Å². The highest BCUT2D eigenvalue weighted by Gasteiger charge is 2.34. The minimum Gasteiger partial charge on any atom is -0.332 e. The number of likely N-dealkylation sites (tertiary alicyclic amines) is 1. The molecule has 0 saturated carbocycles. The van der Waals surface area contributed by atoms with E-state index in [0.29, 0.717) is 0 Å². The van der Waals surface area contributed by atoms with Crippen molar-refractivity contribution in [1.29, 1.82) is 0 Å². The van der Waals surface area contributed by atoms with Crippen LogP contribution in [0.3, 0.4) is 0 Å². The normalized spacial score (nSPS) is 24.9. The lowest BCUT2D eigenvalue weighted by molar-refractivity contribution is -0.139. The highest BCUT2D eigenvalue weighted by molar-refractivity contribution is 5.90. The molecule has 1 aliphatic carbocycles. The van der Waals surface area contributed by atoms with Gasteiger partial charge in [-0.3, -0.25) is 9.59 Å². The van der Waals surface area contributed by atoms with E-state index in [-0.39, 0.29) is 23.7 Å². The first kappa shape index (κ1) is 13.1. The number of amides is 1. The lowest BCUT2D eigenvalue weighted by Gasteiger charge is -2.27. The third kappa shape index (κ3) is 2.55. The van der Waals surface area contributed by atoms with Crippen LogP contribution in [-0.2, 0) is 9.59 Å². The van der Waals surface area contributed by atoms with E-state index in [1.165, 1.54) is 5.57 Å².